The maximum absolute atomic E-state index is 4.57. The van der Waals surface area contributed by atoms with Gasteiger partial charge in [0.05, 0.1) is 23.3 Å². The Morgan fingerprint density at radius 1 is 1.09 bits per heavy atom. The van der Waals surface area contributed by atoms with Crippen molar-refractivity contribution in [2.45, 2.75) is 29.2 Å². The van der Waals surface area contributed by atoms with Gasteiger partial charge < -0.3 is 5.32 Å². The number of likely N-dealkylation sites (tertiary alicyclic amines) is 1. The first-order chi connectivity index (χ1) is 11.4. The summed E-state index contributed by atoms with van der Waals surface area (Å²) < 4.78 is 1.87. The summed E-state index contributed by atoms with van der Waals surface area (Å²) in [6.45, 7) is 3.10. The Hall–Kier alpha value is -2.12. The quantitative estimate of drug-likeness (QED) is 0.612. The lowest BCUT2D eigenvalue weighted by Crippen LogP contribution is -2.20. The SMILES string of the molecule is c1ccc2c(c1)Nc1c(cnn3c(CN4CCCC4)nnc13)S2. The van der Waals surface area contributed by atoms with E-state index in [2.05, 4.69) is 43.7 Å². The third kappa shape index (κ3) is 2.19. The number of fused-ring (bicyclic) bond motifs is 4. The van der Waals surface area contributed by atoms with Gasteiger partial charge in [0, 0.05) is 4.90 Å². The number of hydrogen-bond donors (Lipinski definition) is 1. The molecule has 4 heterocycles. The van der Waals surface area contributed by atoms with Crippen molar-refractivity contribution in [1.82, 2.24) is 24.7 Å². The molecule has 116 valence electrons. The van der Waals surface area contributed by atoms with Crippen LogP contribution in [0.1, 0.15) is 18.7 Å². The predicted molar refractivity (Wildman–Crippen MR) is 89.1 cm³/mol. The number of aromatic nitrogens is 4. The average molecular weight is 324 g/mol. The fourth-order valence-corrected chi connectivity index (χ4v) is 4.18. The standard InChI is InChI=1S/C16H16N6S/c1-2-6-12-11(5-1)18-15-13(23-12)9-17-22-14(19-20-16(15)22)10-21-7-3-4-8-21/h1-2,5-6,9,18H,3-4,7-8,10H2. The first-order valence-corrected chi connectivity index (χ1v) is 8.70. The molecule has 5 rings (SSSR count). The van der Waals surface area contributed by atoms with Crippen LogP contribution in [0.2, 0.25) is 0 Å². The van der Waals surface area contributed by atoms with Crippen LogP contribution in [0.5, 0.6) is 0 Å². The molecule has 23 heavy (non-hydrogen) atoms. The van der Waals surface area contributed by atoms with Crippen LogP contribution in [0.3, 0.4) is 0 Å². The summed E-state index contributed by atoms with van der Waals surface area (Å²) in [4.78, 5) is 4.72. The molecule has 1 aromatic carbocycles. The summed E-state index contributed by atoms with van der Waals surface area (Å²) in [5.41, 5.74) is 2.92. The highest BCUT2D eigenvalue weighted by Gasteiger charge is 2.22. The van der Waals surface area contributed by atoms with Crippen LogP contribution in [0.25, 0.3) is 5.65 Å². The molecule has 0 radical (unpaired) electrons. The Kier molecular flexibility index (Phi) is 3.02. The lowest BCUT2D eigenvalue weighted by Gasteiger charge is -2.20. The number of para-hydroxylation sites is 1. The Morgan fingerprint density at radius 2 is 1.96 bits per heavy atom. The van der Waals surface area contributed by atoms with Crippen LogP contribution < -0.4 is 5.32 Å². The summed E-state index contributed by atoms with van der Waals surface area (Å²) in [6.07, 6.45) is 4.45. The van der Waals surface area contributed by atoms with Crippen LogP contribution in [-0.4, -0.2) is 37.8 Å². The van der Waals surface area contributed by atoms with Crippen LogP contribution in [0, 0.1) is 0 Å². The van der Waals surface area contributed by atoms with Gasteiger partial charge in [0.15, 0.2) is 5.82 Å². The van der Waals surface area contributed by atoms with Crippen molar-refractivity contribution >= 4 is 28.8 Å². The van der Waals surface area contributed by atoms with E-state index in [-0.39, 0.29) is 0 Å². The first kappa shape index (κ1) is 13.3. The fourth-order valence-electron chi connectivity index (χ4n) is 3.22. The lowest BCUT2D eigenvalue weighted by molar-refractivity contribution is 0.319. The highest BCUT2D eigenvalue weighted by molar-refractivity contribution is 7.99. The Balaban J connectivity index is 1.55. The smallest absolute Gasteiger partial charge is 0.202 e. The molecule has 1 saturated heterocycles. The topological polar surface area (TPSA) is 58.4 Å². The van der Waals surface area contributed by atoms with Gasteiger partial charge >= 0.3 is 0 Å². The molecule has 3 aromatic rings. The van der Waals surface area contributed by atoms with Gasteiger partial charge in [0.1, 0.15) is 5.69 Å². The number of benzene rings is 1. The van der Waals surface area contributed by atoms with Crippen LogP contribution >= 0.6 is 11.8 Å². The third-order valence-corrected chi connectivity index (χ3v) is 5.50. The van der Waals surface area contributed by atoms with Gasteiger partial charge in [0.25, 0.3) is 0 Å². The number of hydrogen-bond acceptors (Lipinski definition) is 6. The molecule has 1 N–H and O–H groups in total. The van der Waals surface area contributed by atoms with Crippen molar-refractivity contribution in [3.8, 4) is 0 Å². The van der Waals surface area contributed by atoms with Gasteiger partial charge in [-0.15, -0.1) is 10.2 Å². The zero-order valence-electron chi connectivity index (χ0n) is 12.6. The molecular formula is C16H16N6S. The molecule has 0 bridgehead atoms. The van der Waals surface area contributed by atoms with Crippen molar-refractivity contribution in [3.05, 3.63) is 36.3 Å². The molecule has 2 aliphatic rings. The number of nitrogens with one attached hydrogen (secondary N) is 1. The van der Waals surface area contributed by atoms with E-state index in [1.165, 1.54) is 17.7 Å². The molecule has 0 saturated carbocycles. The summed E-state index contributed by atoms with van der Waals surface area (Å²) in [5.74, 6) is 0.912. The Bertz CT molecular complexity index is 883. The second kappa shape index (κ2) is 5.21. The molecule has 0 amide bonds. The Morgan fingerprint density at radius 3 is 2.87 bits per heavy atom. The molecule has 6 nitrogen and oxygen atoms in total. The summed E-state index contributed by atoms with van der Waals surface area (Å²) >= 11 is 1.72. The van der Waals surface area contributed by atoms with Crippen LogP contribution in [0.15, 0.2) is 40.3 Å². The molecule has 0 aliphatic carbocycles. The molecule has 7 heteroatoms. The van der Waals surface area contributed by atoms with Crippen molar-refractivity contribution in [2.75, 3.05) is 18.4 Å². The second-order valence-electron chi connectivity index (χ2n) is 5.94. The highest BCUT2D eigenvalue weighted by atomic mass is 32.2. The largest absolute Gasteiger partial charge is 0.350 e. The van der Waals surface area contributed by atoms with Gasteiger partial charge in [-0.25, -0.2) is 0 Å². The normalized spacial score (nSPS) is 17.0. The fraction of sp³-hybridized carbons (Fsp3) is 0.312. The minimum absolute atomic E-state index is 0.804. The number of anilines is 2. The zero-order valence-corrected chi connectivity index (χ0v) is 13.4. The molecule has 0 atom stereocenters. The third-order valence-electron chi connectivity index (χ3n) is 4.40. The van der Waals surface area contributed by atoms with Gasteiger partial charge in [-0.2, -0.15) is 9.61 Å². The van der Waals surface area contributed by atoms with Crippen LogP contribution in [-0.2, 0) is 6.54 Å². The Labute approximate surface area is 137 Å². The van der Waals surface area contributed by atoms with E-state index in [4.69, 9.17) is 0 Å². The van der Waals surface area contributed by atoms with Gasteiger partial charge in [0.2, 0.25) is 5.65 Å². The number of nitrogens with zero attached hydrogens (tertiary/aromatic N) is 5. The molecular weight excluding hydrogens is 308 g/mol. The summed E-state index contributed by atoms with van der Waals surface area (Å²) in [6, 6.07) is 8.29. The van der Waals surface area contributed by atoms with E-state index < -0.39 is 0 Å². The molecule has 0 unspecified atom stereocenters. The molecule has 1 fully saturated rings. The zero-order chi connectivity index (χ0) is 15.2. The predicted octanol–water partition coefficient (Wildman–Crippen LogP) is 2.93. The summed E-state index contributed by atoms with van der Waals surface area (Å²) in [7, 11) is 0. The van der Waals surface area contributed by atoms with E-state index >= 15 is 0 Å². The monoisotopic (exact) mass is 324 g/mol. The van der Waals surface area contributed by atoms with Crippen molar-refractivity contribution in [3.63, 3.8) is 0 Å². The minimum atomic E-state index is 0.804. The van der Waals surface area contributed by atoms with Gasteiger partial charge in [-0.3, -0.25) is 4.90 Å². The van der Waals surface area contributed by atoms with E-state index in [0.717, 1.165) is 47.4 Å². The minimum Gasteiger partial charge on any atom is -0.350 e. The first-order valence-electron chi connectivity index (χ1n) is 7.88. The van der Waals surface area contributed by atoms with E-state index in [1.807, 2.05) is 16.8 Å². The maximum atomic E-state index is 4.57. The van der Waals surface area contributed by atoms with Crippen LogP contribution in [0.4, 0.5) is 11.4 Å². The number of rotatable bonds is 2. The second-order valence-corrected chi connectivity index (χ2v) is 7.03. The van der Waals surface area contributed by atoms with E-state index in [9.17, 15) is 0 Å². The maximum Gasteiger partial charge on any atom is 0.202 e. The average Bonchev–Trinajstić information content (AvgIpc) is 3.23. The van der Waals surface area contributed by atoms with E-state index in [0.29, 0.717) is 0 Å². The lowest BCUT2D eigenvalue weighted by atomic mass is 10.3. The molecule has 2 aliphatic heterocycles. The molecule has 0 spiro atoms. The highest BCUT2D eigenvalue weighted by Crippen LogP contribution is 2.44. The summed E-state index contributed by atoms with van der Waals surface area (Å²) in [5, 5.41) is 16.8. The van der Waals surface area contributed by atoms with Gasteiger partial charge in [-0.1, -0.05) is 23.9 Å². The van der Waals surface area contributed by atoms with Gasteiger partial charge in [-0.05, 0) is 38.1 Å². The van der Waals surface area contributed by atoms with Crippen molar-refractivity contribution in [2.24, 2.45) is 0 Å². The molecule has 2 aromatic heterocycles. The van der Waals surface area contributed by atoms with Crippen molar-refractivity contribution in [1.29, 1.82) is 0 Å². The van der Waals surface area contributed by atoms with Crippen molar-refractivity contribution < 1.29 is 0 Å². The van der Waals surface area contributed by atoms with E-state index in [1.54, 1.807) is 11.8 Å².